The number of hydrogen-bond acceptors (Lipinski definition) is 2. The highest BCUT2D eigenvalue weighted by Crippen LogP contribution is 2.52. The summed E-state index contributed by atoms with van der Waals surface area (Å²) in [6.45, 7) is 0. The van der Waals surface area contributed by atoms with Crippen molar-refractivity contribution in [3.8, 4) is 0 Å². The Morgan fingerprint density at radius 1 is 1.05 bits per heavy atom. The van der Waals surface area contributed by atoms with Crippen LogP contribution in [0.1, 0.15) is 48.3 Å². The molecule has 0 unspecified atom stereocenters. The molecular formula is C17H18N2S. The smallest absolute Gasteiger partial charge is 0.133 e. The van der Waals surface area contributed by atoms with Crippen molar-refractivity contribution >= 4 is 12.2 Å². The van der Waals surface area contributed by atoms with Crippen LogP contribution >= 0.6 is 12.2 Å². The second-order valence-electron chi connectivity index (χ2n) is 6.00. The lowest BCUT2D eigenvalue weighted by molar-refractivity contribution is 0.637. The summed E-state index contributed by atoms with van der Waals surface area (Å²) >= 11 is 5.54. The maximum absolute atomic E-state index is 5.54. The molecule has 2 aliphatic rings. The summed E-state index contributed by atoms with van der Waals surface area (Å²) in [6.07, 6.45) is 7.08. The number of H-pyrrole nitrogens is 1. The van der Waals surface area contributed by atoms with Gasteiger partial charge in [0.25, 0.3) is 0 Å². The second-order valence-corrected chi connectivity index (χ2v) is 6.39. The fourth-order valence-electron chi connectivity index (χ4n) is 3.39. The molecule has 102 valence electrons. The van der Waals surface area contributed by atoms with Gasteiger partial charge < -0.3 is 4.98 Å². The molecule has 2 aliphatic carbocycles. The normalized spacial score (nSPS) is 19.4. The highest BCUT2D eigenvalue weighted by Gasteiger charge is 2.48. The SMILES string of the molecule is S=c1nc(C2(c3ccccc3)CC2)[nH]c2c1CCCC2. The standard InChI is InChI=1S/C17H18N2S/c20-15-13-8-4-5-9-14(13)18-16(19-15)17(10-11-17)12-6-2-1-3-7-12/h1-3,6-7H,4-5,8-11H2,(H,18,19,20). The Balaban J connectivity index is 1.84. The van der Waals surface area contributed by atoms with Crippen LogP contribution in [-0.4, -0.2) is 9.97 Å². The topological polar surface area (TPSA) is 28.7 Å². The quantitative estimate of drug-likeness (QED) is 0.840. The fraction of sp³-hybridized carbons (Fsp3) is 0.412. The Hall–Kier alpha value is -1.48. The first-order valence-electron chi connectivity index (χ1n) is 7.48. The summed E-state index contributed by atoms with van der Waals surface area (Å²) in [5, 5.41) is 0. The minimum absolute atomic E-state index is 0.0985. The molecule has 20 heavy (non-hydrogen) atoms. The Morgan fingerprint density at radius 3 is 2.55 bits per heavy atom. The molecule has 1 N–H and O–H groups in total. The zero-order valence-electron chi connectivity index (χ0n) is 11.5. The van der Waals surface area contributed by atoms with E-state index in [1.54, 1.807) is 0 Å². The predicted molar refractivity (Wildman–Crippen MR) is 82.5 cm³/mol. The van der Waals surface area contributed by atoms with Gasteiger partial charge in [-0.1, -0.05) is 42.5 Å². The third kappa shape index (κ3) is 1.84. The van der Waals surface area contributed by atoms with E-state index in [-0.39, 0.29) is 5.41 Å². The van der Waals surface area contributed by atoms with Crippen molar-refractivity contribution < 1.29 is 0 Å². The molecule has 0 aliphatic heterocycles. The first kappa shape index (κ1) is 12.3. The largest absolute Gasteiger partial charge is 0.346 e. The van der Waals surface area contributed by atoms with Crippen LogP contribution < -0.4 is 0 Å². The van der Waals surface area contributed by atoms with E-state index in [9.17, 15) is 0 Å². The van der Waals surface area contributed by atoms with E-state index in [0.717, 1.165) is 23.3 Å². The van der Waals surface area contributed by atoms with Gasteiger partial charge in [0.2, 0.25) is 0 Å². The fourth-order valence-corrected chi connectivity index (χ4v) is 3.71. The third-order valence-corrected chi connectivity index (χ3v) is 5.08. The maximum Gasteiger partial charge on any atom is 0.133 e. The van der Waals surface area contributed by atoms with Crippen molar-refractivity contribution in [3.05, 3.63) is 57.6 Å². The van der Waals surface area contributed by atoms with Gasteiger partial charge in [-0.3, -0.25) is 0 Å². The molecule has 1 saturated carbocycles. The number of nitrogens with one attached hydrogen (secondary N) is 1. The molecule has 0 radical (unpaired) electrons. The number of benzene rings is 1. The number of aromatic amines is 1. The van der Waals surface area contributed by atoms with Gasteiger partial charge in [0.05, 0.1) is 5.41 Å². The summed E-state index contributed by atoms with van der Waals surface area (Å²) in [6, 6.07) is 10.7. The molecular weight excluding hydrogens is 264 g/mol. The van der Waals surface area contributed by atoms with Crippen LogP contribution in [0.5, 0.6) is 0 Å². The van der Waals surface area contributed by atoms with E-state index in [1.165, 1.54) is 42.5 Å². The van der Waals surface area contributed by atoms with Gasteiger partial charge in [-0.2, -0.15) is 0 Å². The number of rotatable bonds is 2. The molecule has 2 nitrogen and oxygen atoms in total. The van der Waals surface area contributed by atoms with E-state index < -0.39 is 0 Å². The van der Waals surface area contributed by atoms with Gasteiger partial charge in [-0.25, -0.2) is 4.98 Å². The van der Waals surface area contributed by atoms with E-state index in [4.69, 9.17) is 17.2 Å². The molecule has 0 amide bonds. The summed E-state index contributed by atoms with van der Waals surface area (Å²) < 4.78 is 0.829. The number of aryl methyl sites for hydroxylation is 1. The van der Waals surface area contributed by atoms with Crippen molar-refractivity contribution in [2.75, 3.05) is 0 Å². The molecule has 0 bridgehead atoms. The average molecular weight is 282 g/mol. The Kier molecular flexibility index (Phi) is 2.77. The first-order valence-corrected chi connectivity index (χ1v) is 7.88. The van der Waals surface area contributed by atoms with Gasteiger partial charge in [-0.05, 0) is 44.1 Å². The summed E-state index contributed by atoms with van der Waals surface area (Å²) in [5.41, 5.74) is 4.10. The molecule has 1 fully saturated rings. The molecule has 1 aromatic heterocycles. The number of nitrogens with zero attached hydrogens (tertiary/aromatic N) is 1. The molecule has 3 heteroatoms. The van der Waals surface area contributed by atoms with E-state index >= 15 is 0 Å². The van der Waals surface area contributed by atoms with E-state index in [2.05, 4.69) is 35.3 Å². The lowest BCUT2D eigenvalue weighted by atomic mass is 9.93. The molecule has 0 atom stereocenters. The molecule has 1 aromatic carbocycles. The molecule has 1 heterocycles. The number of aromatic nitrogens is 2. The summed E-state index contributed by atoms with van der Waals surface area (Å²) in [4.78, 5) is 8.39. The zero-order chi connectivity index (χ0) is 13.6. The molecule has 2 aromatic rings. The second kappa shape index (κ2) is 4.52. The van der Waals surface area contributed by atoms with Crippen LogP contribution in [0.4, 0.5) is 0 Å². The van der Waals surface area contributed by atoms with Crippen molar-refractivity contribution in [2.45, 2.75) is 43.9 Å². The Morgan fingerprint density at radius 2 is 1.80 bits per heavy atom. The lowest BCUT2D eigenvalue weighted by Crippen LogP contribution is -2.18. The van der Waals surface area contributed by atoms with Crippen molar-refractivity contribution in [1.29, 1.82) is 0 Å². The van der Waals surface area contributed by atoms with Crippen molar-refractivity contribution in [1.82, 2.24) is 9.97 Å². The van der Waals surface area contributed by atoms with Crippen molar-refractivity contribution in [3.63, 3.8) is 0 Å². The zero-order valence-corrected chi connectivity index (χ0v) is 12.3. The lowest BCUT2D eigenvalue weighted by Gasteiger charge is -2.21. The van der Waals surface area contributed by atoms with Crippen LogP contribution in [0.3, 0.4) is 0 Å². The highest BCUT2D eigenvalue weighted by molar-refractivity contribution is 7.71. The van der Waals surface area contributed by atoms with E-state index in [1.807, 2.05) is 0 Å². The minimum Gasteiger partial charge on any atom is -0.346 e. The van der Waals surface area contributed by atoms with Crippen LogP contribution in [0.2, 0.25) is 0 Å². The third-order valence-electron chi connectivity index (χ3n) is 4.74. The minimum atomic E-state index is 0.0985. The molecule has 0 spiro atoms. The van der Waals surface area contributed by atoms with Gasteiger partial charge in [0.1, 0.15) is 10.5 Å². The van der Waals surface area contributed by atoms with Gasteiger partial charge in [0.15, 0.2) is 0 Å². The van der Waals surface area contributed by atoms with Crippen LogP contribution in [0.15, 0.2) is 30.3 Å². The molecule has 4 rings (SSSR count). The number of fused-ring (bicyclic) bond motifs is 1. The van der Waals surface area contributed by atoms with Crippen LogP contribution in [0.25, 0.3) is 0 Å². The number of hydrogen-bond donors (Lipinski definition) is 1. The van der Waals surface area contributed by atoms with Crippen molar-refractivity contribution in [2.24, 2.45) is 0 Å². The first-order chi connectivity index (χ1) is 9.79. The van der Waals surface area contributed by atoms with Gasteiger partial charge in [-0.15, -0.1) is 0 Å². The average Bonchev–Trinajstić information content (AvgIpc) is 3.30. The summed E-state index contributed by atoms with van der Waals surface area (Å²) in [7, 11) is 0. The van der Waals surface area contributed by atoms with Gasteiger partial charge >= 0.3 is 0 Å². The maximum atomic E-state index is 5.54. The Bertz CT molecular complexity index is 699. The summed E-state index contributed by atoms with van der Waals surface area (Å²) in [5.74, 6) is 1.09. The Labute approximate surface area is 124 Å². The monoisotopic (exact) mass is 282 g/mol. The molecule has 0 saturated heterocycles. The van der Waals surface area contributed by atoms with Crippen LogP contribution in [-0.2, 0) is 18.3 Å². The van der Waals surface area contributed by atoms with Gasteiger partial charge in [0, 0.05) is 11.3 Å². The van der Waals surface area contributed by atoms with Crippen LogP contribution in [0, 0.1) is 4.64 Å². The highest BCUT2D eigenvalue weighted by atomic mass is 32.1. The predicted octanol–water partition coefficient (Wildman–Crippen LogP) is 4.10. The van der Waals surface area contributed by atoms with E-state index in [0.29, 0.717) is 0 Å².